The van der Waals surface area contributed by atoms with Gasteiger partial charge in [0, 0.05) is 12.3 Å². The van der Waals surface area contributed by atoms with Gasteiger partial charge in [0.15, 0.2) is 6.23 Å². The molecule has 94 valence electrons. The quantitative estimate of drug-likeness (QED) is 0.567. The van der Waals surface area contributed by atoms with Crippen LogP contribution in [0, 0.1) is 0 Å². The summed E-state index contributed by atoms with van der Waals surface area (Å²) in [7, 11) is 0. The molecule has 0 unspecified atom stereocenters. The molecule has 1 aromatic heterocycles. The molecule has 1 aliphatic rings. The van der Waals surface area contributed by atoms with Gasteiger partial charge in [-0.3, -0.25) is 14.3 Å². The molecule has 3 N–H and O–H groups in total. The minimum atomic E-state index is -1.43. The molecule has 2 heterocycles. The predicted molar refractivity (Wildman–Crippen MR) is 53.2 cm³/mol. The van der Waals surface area contributed by atoms with E-state index in [1.807, 2.05) is 4.98 Å². The molecular formula is C9H11FN2O5. The smallest absolute Gasteiger partial charge is 0.330 e. The van der Waals surface area contributed by atoms with Crippen molar-refractivity contribution in [2.75, 3.05) is 6.67 Å². The van der Waals surface area contributed by atoms with Crippen LogP contribution in [0.3, 0.4) is 0 Å². The molecular weight excluding hydrogens is 235 g/mol. The molecule has 0 aromatic carbocycles. The van der Waals surface area contributed by atoms with E-state index in [1.54, 1.807) is 0 Å². The largest absolute Gasteiger partial charge is 0.387 e. The predicted octanol–water partition coefficient (Wildman–Crippen LogP) is -1.87. The number of aromatic amines is 1. The van der Waals surface area contributed by atoms with Crippen molar-refractivity contribution in [3.05, 3.63) is 33.1 Å². The number of alkyl halides is 1. The van der Waals surface area contributed by atoms with Gasteiger partial charge < -0.3 is 14.9 Å². The monoisotopic (exact) mass is 246 g/mol. The molecule has 1 aromatic rings. The minimum Gasteiger partial charge on any atom is -0.387 e. The van der Waals surface area contributed by atoms with Gasteiger partial charge in [-0.1, -0.05) is 0 Å². The maximum absolute atomic E-state index is 12.4. The molecule has 1 fully saturated rings. The molecule has 4 atom stereocenters. The number of H-pyrrole nitrogens is 1. The Hall–Kier alpha value is -1.51. The SMILES string of the molecule is O=c1ccn([C@@H]2O[C@@H](CF)[C@@H](O)[C@@H]2O)c(=O)[nH]1. The second-order valence-corrected chi connectivity index (χ2v) is 3.72. The molecule has 0 radical (unpaired) electrons. The van der Waals surface area contributed by atoms with E-state index in [0.29, 0.717) is 0 Å². The number of hydrogen-bond donors (Lipinski definition) is 3. The molecule has 7 nitrogen and oxygen atoms in total. The lowest BCUT2D eigenvalue weighted by molar-refractivity contribution is -0.0454. The summed E-state index contributed by atoms with van der Waals surface area (Å²) in [6.45, 7) is -0.979. The lowest BCUT2D eigenvalue weighted by atomic mass is 10.1. The number of ether oxygens (including phenoxy) is 1. The van der Waals surface area contributed by atoms with Gasteiger partial charge >= 0.3 is 5.69 Å². The van der Waals surface area contributed by atoms with Crippen molar-refractivity contribution in [1.29, 1.82) is 0 Å². The Morgan fingerprint density at radius 1 is 1.41 bits per heavy atom. The van der Waals surface area contributed by atoms with Crippen LogP contribution >= 0.6 is 0 Å². The summed E-state index contributed by atoms with van der Waals surface area (Å²) in [5.41, 5.74) is -1.39. The van der Waals surface area contributed by atoms with Gasteiger partial charge in [0.2, 0.25) is 0 Å². The molecule has 0 amide bonds. The third kappa shape index (κ3) is 2.02. The Balaban J connectivity index is 2.35. The number of hydrogen-bond acceptors (Lipinski definition) is 5. The molecule has 0 aliphatic carbocycles. The van der Waals surface area contributed by atoms with Crippen LogP contribution in [0.5, 0.6) is 0 Å². The van der Waals surface area contributed by atoms with Crippen molar-refractivity contribution in [3.8, 4) is 0 Å². The highest BCUT2D eigenvalue weighted by molar-refractivity contribution is 4.92. The number of nitrogens with one attached hydrogen (secondary N) is 1. The topological polar surface area (TPSA) is 105 Å². The van der Waals surface area contributed by atoms with Crippen molar-refractivity contribution in [1.82, 2.24) is 9.55 Å². The standard InChI is InChI=1S/C9H11FN2O5/c10-3-4-6(14)7(15)8(17-4)12-2-1-5(13)11-9(12)16/h1-2,4,6-8,14-15H,3H2,(H,11,13,16)/t4-,6+,7-,8+/m0/s1. The first-order chi connectivity index (χ1) is 8.04. The van der Waals surface area contributed by atoms with Gasteiger partial charge in [0.25, 0.3) is 5.56 Å². The van der Waals surface area contributed by atoms with Crippen LogP contribution in [0.2, 0.25) is 0 Å². The fourth-order valence-electron chi connectivity index (χ4n) is 1.71. The Kier molecular flexibility index (Phi) is 3.09. The molecule has 2 rings (SSSR count). The maximum Gasteiger partial charge on any atom is 0.330 e. The van der Waals surface area contributed by atoms with Crippen LogP contribution < -0.4 is 11.2 Å². The zero-order valence-electron chi connectivity index (χ0n) is 8.62. The molecule has 1 aliphatic heterocycles. The first-order valence-electron chi connectivity index (χ1n) is 4.93. The molecule has 17 heavy (non-hydrogen) atoms. The van der Waals surface area contributed by atoms with E-state index in [1.165, 1.54) is 0 Å². The summed E-state index contributed by atoms with van der Waals surface area (Å²) in [5.74, 6) is 0. The van der Waals surface area contributed by atoms with E-state index in [-0.39, 0.29) is 0 Å². The van der Waals surface area contributed by atoms with Crippen LogP contribution in [-0.2, 0) is 4.74 Å². The van der Waals surface area contributed by atoms with Crippen molar-refractivity contribution in [3.63, 3.8) is 0 Å². The fourth-order valence-corrected chi connectivity index (χ4v) is 1.71. The number of rotatable bonds is 2. The van der Waals surface area contributed by atoms with Gasteiger partial charge in [0.1, 0.15) is 25.0 Å². The first-order valence-corrected chi connectivity index (χ1v) is 4.93. The third-order valence-corrected chi connectivity index (χ3v) is 2.61. The Morgan fingerprint density at radius 3 is 2.65 bits per heavy atom. The summed E-state index contributed by atoms with van der Waals surface area (Å²) >= 11 is 0. The van der Waals surface area contributed by atoms with Crippen LogP contribution in [0.15, 0.2) is 21.9 Å². The number of aliphatic hydroxyl groups excluding tert-OH is 2. The van der Waals surface area contributed by atoms with Crippen molar-refractivity contribution >= 4 is 0 Å². The summed E-state index contributed by atoms with van der Waals surface area (Å²) in [5, 5.41) is 19.0. The van der Waals surface area contributed by atoms with Crippen LogP contribution in [-0.4, -0.2) is 44.8 Å². The van der Waals surface area contributed by atoms with E-state index in [0.717, 1.165) is 16.8 Å². The average molecular weight is 246 g/mol. The molecule has 0 saturated carbocycles. The highest BCUT2D eigenvalue weighted by Crippen LogP contribution is 2.28. The van der Waals surface area contributed by atoms with E-state index < -0.39 is 42.5 Å². The van der Waals surface area contributed by atoms with E-state index >= 15 is 0 Å². The number of nitrogens with zero attached hydrogens (tertiary/aromatic N) is 1. The number of aliphatic hydroxyl groups is 2. The second-order valence-electron chi connectivity index (χ2n) is 3.72. The van der Waals surface area contributed by atoms with Crippen molar-refractivity contribution < 1.29 is 19.3 Å². The summed E-state index contributed by atoms with van der Waals surface area (Å²) in [6.07, 6.45) is -4.13. The van der Waals surface area contributed by atoms with Crippen molar-refractivity contribution in [2.45, 2.75) is 24.5 Å². The van der Waals surface area contributed by atoms with E-state index in [2.05, 4.69) is 0 Å². The van der Waals surface area contributed by atoms with Gasteiger partial charge in [-0.25, -0.2) is 9.18 Å². The second kappa shape index (κ2) is 4.40. The Morgan fingerprint density at radius 2 is 2.12 bits per heavy atom. The molecule has 0 bridgehead atoms. The Bertz CT molecular complexity index is 513. The van der Waals surface area contributed by atoms with E-state index in [9.17, 15) is 24.2 Å². The highest BCUT2D eigenvalue weighted by Gasteiger charge is 2.43. The maximum atomic E-state index is 12.4. The zero-order valence-corrected chi connectivity index (χ0v) is 8.62. The summed E-state index contributed by atoms with van der Waals surface area (Å²) in [4.78, 5) is 24.2. The number of halogens is 1. The van der Waals surface area contributed by atoms with Crippen LogP contribution in [0.1, 0.15) is 6.23 Å². The normalized spacial score (nSPS) is 32.9. The minimum absolute atomic E-state index is 0.596. The van der Waals surface area contributed by atoms with Crippen LogP contribution in [0.25, 0.3) is 0 Å². The third-order valence-electron chi connectivity index (χ3n) is 2.61. The van der Waals surface area contributed by atoms with Crippen LogP contribution in [0.4, 0.5) is 4.39 Å². The molecule has 1 saturated heterocycles. The number of aromatic nitrogens is 2. The molecule has 8 heteroatoms. The molecule has 0 spiro atoms. The highest BCUT2D eigenvalue weighted by atomic mass is 19.1. The summed E-state index contributed by atoms with van der Waals surface area (Å²) in [6, 6.07) is 1.06. The Labute approximate surface area is 94.1 Å². The van der Waals surface area contributed by atoms with Gasteiger partial charge in [-0.2, -0.15) is 0 Å². The van der Waals surface area contributed by atoms with E-state index in [4.69, 9.17) is 4.74 Å². The zero-order chi connectivity index (χ0) is 12.6. The van der Waals surface area contributed by atoms with Gasteiger partial charge in [-0.05, 0) is 0 Å². The first kappa shape index (κ1) is 12.0. The van der Waals surface area contributed by atoms with Gasteiger partial charge in [0.05, 0.1) is 0 Å². The summed E-state index contributed by atoms with van der Waals surface area (Å²) < 4.78 is 18.3. The lowest BCUT2D eigenvalue weighted by Gasteiger charge is -2.16. The van der Waals surface area contributed by atoms with Crippen molar-refractivity contribution in [2.24, 2.45) is 0 Å². The lowest BCUT2D eigenvalue weighted by Crippen LogP contribution is -2.37. The van der Waals surface area contributed by atoms with Gasteiger partial charge in [-0.15, -0.1) is 0 Å². The average Bonchev–Trinajstić information content (AvgIpc) is 2.57. The fraction of sp³-hybridized carbons (Fsp3) is 0.556.